The Labute approximate surface area is 112 Å². The van der Waals surface area contributed by atoms with Crippen molar-refractivity contribution in [2.24, 2.45) is 4.99 Å². The number of ether oxygens (including phenoxy) is 1. The molecule has 0 radical (unpaired) electrons. The fourth-order valence-electron chi connectivity index (χ4n) is 2.61. The van der Waals surface area contributed by atoms with Gasteiger partial charge < -0.3 is 4.74 Å². The van der Waals surface area contributed by atoms with E-state index >= 15 is 0 Å². The number of methoxy groups -OCH3 is 1. The van der Waals surface area contributed by atoms with Crippen molar-refractivity contribution in [2.45, 2.75) is 38.1 Å². The van der Waals surface area contributed by atoms with Gasteiger partial charge in [-0.2, -0.15) is 4.99 Å². The Hall–Kier alpha value is -1.31. The molecule has 0 bridgehead atoms. The highest BCUT2D eigenvalue weighted by atomic mass is 35.5. The van der Waals surface area contributed by atoms with E-state index in [-0.39, 0.29) is 0 Å². The van der Waals surface area contributed by atoms with Crippen LogP contribution in [0, 0.1) is 0 Å². The minimum atomic E-state index is -0.425. The molecule has 1 aliphatic carbocycles. The Bertz CT molecular complexity index is 503. The molecule has 0 heterocycles. The molecule has 18 heavy (non-hydrogen) atoms. The minimum Gasteiger partial charge on any atom is -0.496 e. The van der Waals surface area contributed by atoms with Gasteiger partial charge in [0.25, 0.3) is 0 Å². The van der Waals surface area contributed by atoms with Crippen molar-refractivity contribution in [3.63, 3.8) is 0 Å². The summed E-state index contributed by atoms with van der Waals surface area (Å²) in [6.45, 7) is 2.06. The highest BCUT2D eigenvalue weighted by Gasteiger charge is 2.41. The van der Waals surface area contributed by atoms with E-state index in [1.807, 2.05) is 6.07 Å². The second kappa shape index (κ2) is 5.13. The van der Waals surface area contributed by atoms with E-state index in [0.29, 0.717) is 5.02 Å². The summed E-state index contributed by atoms with van der Waals surface area (Å²) in [6, 6.07) is 3.71. The maximum atomic E-state index is 10.7. The van der Waals surface area contributed by atoms with Gasteiger partial charge in [-0.15, -0.1) is 0 Å². The summed E-state index contributed by atoms with van der Waals surface area (Å²) in [7, 11) is 1.63. The average Bonchev–Trinajstić information content (AvgIpc) is 2.32. The maximum Gasteiger partial charge on any atom is 0.235 e. The van der Waals surface area contributed by atoms with Crippen LogP contribution in [-0.2, 0) is 16.8 Å². The summed E-state index contributed by atoms with van der Waals surface area (Å²) < 4.78 is 5.37. The first kappa shape index (κ1) is 13.1. The van der Waals surface area contributed by atoms with E-state index in [1.54, 1.807) is 19.3 Å². The first-order chi connectivity index (χ1) is 8.66. The highest BCUT2D eigenvalue weighted by Crippen LogP contribution is 2.48. The number of hydrogen-bond acceptors (Lipinski definition) is 3. The molecule has 4 heteroatoms. The number of nitrogens with zero attached hydrogens (tertiary/aromatic N) is 1. The normalized spacial score (nSPS) is 16.6. The second-order valence-electron chi connectivity index (χ2n) is 4.58. The highest BCUT2D eigenvalue weighted by molar-refractivity contribution is 6.30. The van der Waals surface area contributed by atoms with Crippen LogP contribution in [0.15, 0.2) is 17.1 Å². The lowest BCUT2D eigenvalue weighted by atomic mass is 9.70. The first-order valence-corrected chi connectivity index (χ1v) is 6.50. The molecular weight excluding hydrogens is 250 g/mol. The van der Waals surface area contributed by atoms with Crippen LogP contribution in [0.25, 0.3) is 0 Å². The Balaban J connectivity index is 2.61. The monoisotopic (exact) mass is 265 g/mol. The van der Waals surface area contributed by atoms with Crippen molar-refractivity contribution in [2.75, 3.05) is 7.11 Å². The molecule has 96 valence electrons. The van der Waals surface area contributed by atoms with Crippen LogP contribution >= 0.6 is 11.6 Å². The lowest BCUT2D eigenvalue weighted by Crippen LogP contribution is -2.33. The van der Waals surface area contributed by atoms with Crippen LogP contribution in [0.1, 0.15) is 37.3 Å². The van der Waals surface area contributed by atoms with Crippen LogP contribution in [-0.4, -0.2) is 13.2 Å². The van der Waals surface area contributed by atoms with Gasteiger partial charge in [0.05, 0.1) is 12.6 Å². The number of halogens is 1. The molecule has 0 aromatic heterocycles. The average molecular weight is 266 g/mol. The van der Waals surface area contributed by atoms with Crippen molar-refractivity contribution >= 4 is 17.7 Å². The minimum absolute atomic E-state index is 0.425. The van der Waals surface area contributed by atoms with Crippen LogP contribution in [0.5, 0.6) is 5.75 Å². The molecular formula is C14H16ClNO2. The van der Waals surface area contributed by atoms with Gasteiger partial charge in [-0.1, -0.05) is 18.5 Å². The zero-order valence-electron chi connectivity index (χ0n) is 10.6. The molecule has 1 saturated carbocycles. The largest absolute Gasteiger partial charge is 0.496 e. The molecule has 0 N–H and O–H groups in total. The van der Waals surface area contributed by atoms with E-state index in [1.165, 1.54) is 0 Å². The Morgan fingerprint density at radius 3 is 2.67 bits per heavy atom. The number of isocyanates is 1. The molecule has 1 aromatic carbocycles. The standard InChI is InChI=1S/C14H16ClNO2/c1-3-11-12(7-10(15)8-13(11)18-2)14(16-9-17)5-4-6-14/h7-8H,3-6H2,1-2H3. The smallest absolute Gasteiger partial charge is 0.235 e. The van der Waals surface area contributed by atoms with Gasteiger partial charge in [0.15, 0.2) is 0 Å². The molecule has 1 aromatic rings. The second-order valence-corrected chi connectivity index (χ2v) is 5.01. The third-order valence-corrected chi connectivity index (χ3v) is 3.91. The van der Waals surface area contributed by atoms with E-state index in [2.05, 4.69) is 11.9 Å². The van der Waals surface area contributed by atoms with Crippen LogP contribution in [0.4, 0.5) is 0 Å². The Morgan fingerprint density at radius 2 is 2.22 bits per heavy atom. The lowest BCUT2D eigenvalue weighted by Gasteiger charge is -2.38. The molecule has 0 amide bonds. The summed E-state index contributed by atoms with van der Waals surface area (Å²) in [4.78, 5) is 14.7. The van der Waals surface area contributed by atoms with Gasteiger partial charge in [-0.05, 0) is 48.9 Å². The summed E-state index contributed by atoms with van der Waals surface area (Å²) in [6.07, 6.45) is 5.35. The van der Waals surface area contributed by atoms with E-state index in [9.17, 15) is 4.79 Å². The molecule has 1 aliphatic rings. The molecule has 0 unspecified atom stereocenters. The van der Waals surface area contributed by atoms with Crippen molar-refractivity contribution in [3.05, 3.63) is 28.3 Å². The van der Waals surface area contributed by atoms with Gasteiger partial charge in [-0.25, -0.2) is 4.79 Å². The number of benzene rings is 1. The summed E-state index contributed by atoms with van der Waals surface area (Å²) in [5.41, 5.74) is 1.68. The molecule has 0 saturated heterocycles. The molecule has 0 aliphatic heterocycles. The van der Waals surface area contributed by atoms with E-state index in [0.717, 1.165) is 42.6 Å². The lowest BCUT2D eigenvalue weighted by molar-refractivity contribution is 0.253. The number of carbonyl (C=O) groups excluding carboxylic acids is 1. The molecule has 2 rings (SSSR count). The molecule has 1 fully saturated rings. The third-order valence-electron chi connectivity index (χ3n) is 3.69. The van der Waals surface area contributed by atoms with Crippen molar-refractivity contribution in [1.82, 2.24) is 0 Å². The van der Waals surface area contributed by atoms with Gasteiger partial charge in [-0.3, -0.25) is 0 Å². The van der Waals surface area contributed by atoms with Gasteiger partial charge in [0.1, 0.15) is 5.75 Å². The maximum absolute atomic E-state index is 10.7. The van der Waals surface area contributed by atoms with E-state index < -0.39 is 5.54 Å². The van der Waals surface area contributed by atoms with Gasteiger partial charge in [0.2, 0.25) is 6.08 Å². The van der Waals surface area contributed by atoms with Gasteiger partial charge >= 0.3 is 0 Å². The zero-order chi connectivity index (χ0) is 13.2. The Kier molecular flexibility index (Phi) is 3.74. The third kappa shape index (κ3) is 2.05. The topological polar surface area (TPSA) is 38.7 Å². The van der Waals surface area contributed by atoms with Gasteiger partial charge in [0, 0.05) is 5.02 Å². The van der Waals surface area contributed by atoms with Crippen molar-refractivity contribution in [3.8, 4) is 5.75 Å². The van der Waals surface area contributed by atoms with Crippen LogP contribution in [0.2, 0.25) is 5.02 Å². The number of aliphatic imine (C=N–C) groups is 1. The predicted molar refractivity (Wildman–Crippen MR) is 71.0 cm³/mol. The summed E-state index contributed by atoms with van der Waals surface area (Å²) >= 11 is 6.12. The SMILES string of the molecule is CCc1c(OC)cc(Cl)cc1C1(N=C=O)CCC1. The number of rotatable bonds is 4. The fraction of sp³-hybridized carbons (Fsp3) is 0.500. The van der Waals surface area contributed by atoms with Crippen LogP contribution in [0.3, 0.4) is 0 Å². The Morgan fingerprint density at radius 1 is 1.50 bits per heavy atom. The van der Waals surface area contributed by atoms with Crippen LogP contribution < -0.4 is 4.74 Å². The predicted octanol–water partition coefficient (Wildman–Crippen LogP) is 3.63. The van der Waals surface area contributed by atoms with Crippen molar-refractivity contribution in [1.29, 1.82) is 0 Å². The van der Waals surface area contributed by atoms with Crippen molar-refractivity contribution < 1.29 is 9.53 Å². The summed E-state index contributed by atoms with van der Waals surface area (Å²) in [5.74, 6) is 0.771. The first-order valence-electron chi connectivity index (χ1n) is 6.13. The zero-order valence-corrected chi connectivity index (χ0v) is 11.4. The molecule has 3 nitrogen and oxygen atoms in total. The molecule has 0 spiro atoms. The molecule has 0 atom stereocenters. The number of hydrogen-bond donors (Lipinski definition) is 0. The van der Waals surface area contributed by atoms with E-state index in [4.69, 9.17) is 16.3 Å². The quantitative estimate of drug-likeness (QED) is 0.616. The fourth-order valence-corrected chi connectivity index (χ4v) is 2.82. The summed E-state index contributed by atoms with van der Waals surface area (Å²) in [5, 5.41) is 0.617.